The van der Waals surface area contributed by atoms with Crippen molar-refractivity contribution in [2.75, 3.05) is 6.54 Å². The molecule has 3 rings (SSSR count). The Morgan fingerprint density at radius 3 is 2.83 bits per heavy atom. The molecule has 0 aromatic carbocycles. The van der Waals surface area contributed by atoms with Crippen LogP contribution >= 0.6 is 0 Å². The highest BCUT2D eigenvalue weighted by Crippen LogP contribution is 2.39. The Kier molecular flexibility index (Phi) is 2.66. The maximum atomic E-state index is 5.91. The lowest BCUT2D eigenvalue weighted by molar-refractivity contribution is 0.284. The second-order valence-electron chi connectivity index (χ2n) is 5.00. The Labute approximate surface area is 105 Å². The Bertz CT molecular complexity index is 538. The Balaban J connectivity index is 1.96. The van der Waals surface area contributed by atoms with Crippen LogP contribution in [0.5, 0.6) is 0 Å². The predicted molar refractivity (Wildman–Crippen MR) is 65.7 cm³/mol. The summed E-state index contributed by atoms with van der Waals surface area (Å²) in [5.41, 5.74) is 6.66. The molecule has 1 fully saturated rings. The van der Waals surface area contributed by atoms with Crippen molar-refractivity contribution in [2.45, 2.75) is 31.1 Å². The highest BCUT2D eigenvalue weighted by atomic mass is 16.5. The molecule has 2 N–H and O–H groups in total. The van der Waals surface area contributed by atoms with Gasteiger partial charge in [-0.25, -0.2) is 4.98 Å². The van der Waals surface area contributed by atoms with E-state index in [-0.39, 0.29) is 5.41 Å². The van der Waals surface area contributed by atoms with Crippen LogP contribution in [-0.2, 0) is 12.5 Å². The average molecular weight is 247 g/mol. The number of aryl methyl sites for hydroxylation is 1. The number of hydrogen-bond donors (Lipinski definition) is 1. The molecule has 0 spiro atoms. The monoisotopic (exact) mass is 247 g/mol. The van der Waals surface area contributed by atoms with Crippen LogP contribution < -0.4 is 5.73 Å². The van der Waals surface area contributed by atoms with Crippen LogP contribution in [0.15, 0.2) is 17.0 Å². The summed E-state index contributed by atoms with van der Waals surface area (Å²) in [7, 11) is 1.91. The van der Waals surface area contributed by atoms with Crippen molar-refractivity contribution in [1.29, 1.82) is 0 Å². The smallest absolute Gasteiger partial charge is 0.234 e. The number of aromatic nitrogens is 4. The normalized spacial score (nSPS) is 18.3. The molecule has 0 radical (unpaired) electrons. The minimum atomic E-state index is -0.107. The molecule has 96 valence electrons. The molecule has 6 heteroatoms. The molecule has 6 nitrogen and oxygen atoms in total. The molecular formula is C12H17N5O. The highest BCUT2D eigenvalue weighted by molar-refractivity contribution is 5.47. The summed E-state index contributed by atoms with van der Waals surface area (Å²) >= 11 is 0. The van der Waals surface area contributed by atoms with Gasteiger partial charge in [-0.15, -0.1) is 0 Å². The molecule has 2 aromatic rings. The van der Waals surface area contributed by atoms with Crippen molar-refractivity contribution in [3.63, 3.8) is 0 Å². The number of nitrogens with zero attached hydrogens (tertiary/aromatic N) is 4. The fraction of sp³-hybridized carbons (Fsp3) is 0.583. The van der Waals surface area contributed by atoms with E-state index < -0.39 is 0 Å². The topological polar surface area (TPSA) is 82.8 Å². The first-order valence-electron chi connectivity index (χ1n) is 6.26. The molecule has 0 aliphatic heterocycles. The van der Waals surface area contributed by atoms with Crippen LogP contribution in [0.2, 0.25) is 0 Å². The van der Waals surface area contributed by atoms with E-state index in [0.717, 1.165) is 18.5 Å². The van der Waals surface area contributed by atoms with E-state index in [1.165, 1.54) is 12.8 Å². The largest absolute Gasteiger partial charge is 0.338 e. The minimum absolute atomic E-state index is 0.107. The van der Waals surface area contributed by atoms with Gasteiger partial charge in [-0.3, -0.25) is 0 Å². The summed E-state index contributed by atoms with van der Waals surface area (Å²) in [5.74, 6) is 1.27. The molecular weight excluding hydrogens is 230 g/mol. The molecule has 0 saturated heterocycles. The summed E-state index contributed by atoms with van der Waals surface area (Å²) in [4.78, 5) is 8.58. The van der Waals surface area contributed by atoms with Crippen molar-refractivity contribution in [1.82, 2.24) is 19.7 Å². The molecule has 1 aliphatic carbocycles. The third-order valence-electron chi connectivity index (χ3n) is 3.88. The Morgan fingerprint density at radius 2 is 2.22 bits per heavy atom. The third kappa shape index (κ3) is 1.64. The van der Waals surface area contributed by atoms with Gasteiger partial charge >= 0.3 is 0 Å². The highest BCUT2D eigenvalue weighted by Gasteiger charge is 2.39. The SMILES string of the molecule is Cn1cncc1-c1noc(C2(CN)CCCC2)n1. The van der Waals surface area contributed by atoms with Gasteiger partial charge in [0.05, 0.1) is 17.9 Å². The molecule has 2 heterocycles. The summed E-state index contributed by atoms with van der Waals surface area (Å²) < 4.78 is 7.31. The van der Waals surface area contributed by atoms with E-state index in [0.29, 0.717) is 18.3 Å². The van der Waals surface area contributed by atoms with Crippen LogP contribution in [0.25, 0.3) is 11.5 Å². The maximum Gasteiger partial charge on any atom is 0.234 e. The molecule has 0 bridgehead atoms. The summed E-state index contributed by atoms with van der Waals surface area (Å²) in [6.45, 7) is 0.569. The number of imidazole rings is 1. The maximum absolute atomic E-state index is 5.91. The van der Waals surface area contributed by atoms with E-state index in [1.54, 1.807) is 12.5 Å². The Hall–Kier alpha value is -1.69. The fourth-order valence-electron chi connectivity index (χ4n) is 2.67. The third-order valence-corrected chi connectivity index (χ3v) is 3.88. The summed E-state index contributed by atoms with van der Waals surface area (Å²) in [6, 6.07) is 0. The molecule has 1 saturated carbocycles. The van der Waals surface area contributed by atoms with Crippen LogP contribution in [0.4, 0.5) is 0 Å². The molecule has 0 unspecified atom stereocenters. The van der Waals surface area contributed by atoms with Crippen LogP contribution in [-0.4, -0.2) is 26.2 Å². The van der Waals surface area contributed by atoms with E-state index >= 15 is 0 Å². The lowest BCUT2D eigenvalue weighted by atomic mass is 9.86. The molecule has 0 amide bonds. The standard InChI is InChI=1S/C12H17N5O/c1-17-8-14-6-9(17)10-15-11(18-16-10)12(7-13)4-2-3-5-12/h6,8H,2-5,7,13H2,1H3. The zero-order chi connectivity index (χ0) is 12.6. The van der Waals surface area contributed by atoms with Gasteiger partial charge < -0.3 is 14.8 Å². The number of hydrogen-bond acceptors (Lipinski definition) is 5. The van der Waals surface area contributed by atoms with Crippen molar-refractivity contribution in [3.8, 4) is 11.5 Å². The first kappa shape index (κ1) is 11.4. The predicted octanol–water partition coefficient (Wildman–Crippen LogP) is 1.24. The van der Waals surface area contributed by atoms with E-state index in [1.807, 2.05) is 11.6 Å². The molecule has 1 aliphatic rings. The van der Waals surface area contributed by atoms with Crippen molar-refractivity contribution >= 4 is 0 Å². The van der Waals surface area contributed by atoms with Crippen molar-refractivity contribution < 1.29 is 4.52 Å². The molecule has 2 aromatic heterocycles. The lowest BCUT2D eigenvalue weighted by Gasteiger charge is -2.21. The minimum Gasteiger partial charge on any atom is -0.338 e. The number of nitrogens with two attached hydrogens (primary N) is 1. The summed E-state index contributed by atoms with van der Waals surface area (Å²) in [6.07, 6.45) is 7.90. The van der Waals surface area contributed by atoms with Gasteiger partial charge in [0.15, 0.2) is 0 Å². The zero-order valence-electron chi connectivity index (χ0n) is 10.5. The van der Waals surface area contributed by atoms with Crippen LogP contribution in [0, 0.1) is 0 Å². The summed E-state index contributed by atoms with van der Waals surface area (Å²) in [5, 5.41) is 4.05. The van der Waals surface area contributed by atoms with Gasteiger partial charge in [-0.2, -0.15) is 4.98 Å². The average Bonchev–Trinajstić information content (AvgIpc) is 3.08. The number of rotatable bonds is 3. The fourth-order valence-corrected chi connectivity index (χ4v) is 2.67. The Morgan fingerprint density at radius 1 is 1.44 bits per heavy atom. The van der Waals surface area contributed by atoms with Crippen molar-refractivity contribution in [3.05, 3.63) is 18.4 Å². The van der Waals surface area contributed by atoms with Gasteiger partial charge in [-0.05, 0) is 12.8 Å². The first-order chi connectivity index (χ1) is 8.75. The quantitative estimate of drug-likeness (QED) is 0.882. The van der Waals surface area contributed by atoms with Gasteiger partial charge in [0, 0.05) is 13.6 Å². The van der Waals surface area contributed by atoms with Gasteiger partial charge in [0.2, 0.25) is 11.7 Å². The van der Waals surface area contributed by atoms with Gasteiger partial charge in [0.25, 0.3) is 0 Å². The van der Waals surface area contributed by atoms with Gasteiger partial charge in [0.1, 0.15) is 5.69 Å². The van der Waals surface area contributed by atoms with Crippen LogP contribution in [0.3, 0.4) is 0 Å². The molecule has 0 atom stereocenters. The van der Waals surface area contributed by atoms with Crippen LogP contribution in [0.1, 0.15) is 31.6 Å². The lowest BCUT2D eigenvalue weighted by Crippen LogP contribution is -2.32. The second kappa shape index (κ2) is 4.20. The zero-order valence-corrected chi connectivity index (χ0v) is 10.5. The van der Waals surface area contributed by atoms with Gasteiger partial charge in [-0.1, -0.05) is 18.0 Å². The van der Waals surface area contributed by atoms with E-state index in [4.69, 9.17) is 10.3 Å². The second-order valence-corrected chi connectivity index (χ2v) is 5.00. The van der Waals surface area contributed by atoms with E-state index in [9.17, 15) is 0 Å². The first-order valence-corrected chi connectivity index (χ1v) is 6.26. The van der Waals surface area contributed by atoms with E-state index in [2.05, 4.69) is 15.1 Å². The van der Waals surface area contributed by atoms with Crippen molar-refractivity contribution in [2.24, 2.45) is 12.8 Å². The molecule has 18 heavy (non-hydrogen) atoms.